The molecule has 1 aliphatic heterocycles. The third kappa shape index (κ3) is 1.49. The Balaban J connectivity index is 2.61. The standard InChI is InChI=1S/C6H9NO4/c7-1-4-6(10)5(9)3(8)2-11-4/h3-6,8-10H,2H2/t3-,4+,5+,6+/m1/s1. The van der Waals surface area contributed by atoms with Crippen LogP contribution in [0.4, 0.5) is 0 Å². The van der Waals surface area contributed by atoms with Crippen LogP contribution in [0.15, 0.2) is 0 Å². The van der Waals surface area contributed by atoms with Gasteiger partial charge >= 0.3 is 0 Å². The molecule has 0 saturated carbocycles. The van der Waals surface area contributed by atoms with Crippen LogP contribution in [-0.2, 0) is 4.74 Å². The molecule has 1 heterocycles. The largest absolute Gasteiger partial charge is 0.388 e. The highest BCUT2D eigenvalue weighted by Gasteiger charge is 2.37. The van der Waals surface area contributed by atoms with E-state index in [4.69, 9.17) is 25.3 Å². The highest BCUT2D eigenvalue weighted by Crippen LogP contribution is 2.14. The Kier molecular flexibility index (Phi) is 2.42. The zero-order valence-corrected chi connectivity index (χ0v) is 5.71. The van der Waals surface area contributed by atoms with Gasteiger partial charge in [-0.15, -0.1) is 0 Å². The van der Waals surface area contributed by atoms with Crippen LogP contribution < -0.4 is 0 Å². The minimum absolute atomic E-state index is 0.115. The summed E-state index contributed by atoms with van der Waals surface area (Å²) in [4.78, 5) is 0. The fraction of sp³-hybridized carbons (Fsp3) is 0.833. The molecule has 0 radical (unpaired) electrons. The summed E-state index contributed by atoms with van der Waals surface area (Å²) >= 11 is 0. The lowest BCUT2D eigenvalue weighted by Gasteiger charge is -2.31. The second-order valence-electron chi connectivity index (χ2n) is 2.43. The Bertz CT molecular complexity index is 178. The molecule has 1 saturated heterocycles. The minimum Gasteiger partial charge on any atom is -0.388 e. The maximum Gasteiger partial charge on any atom is 0.172 e. The second kappa shape index (κ2) is 3.15. The molecule has 11 heavy (non-hydrogen) atoms. The van der Waals surface area contributed by atoms with Gasteiger partial charge < -0.3 is 20.1 Å². The first-order valence-corrected chi connectivity index (χ1v) is 3.22. The summed E-state index contributed by atoms with van der Waals surface area (Å²) in [5.41, 5.74) is 0. The van der Waals surface area contributed by atoms with Crippen LogP contribution in [0.25, 0.3) is 0 Å². The van der Waals surface area contributed by atoms with E-state index < -0.39 is 24.4 Å². The Morgan fingerprint density at radius 3 is 2.45 bits per heavy atom. The fourth-order valence-electron chi connectivity index (χ4n) is 0.920. The summed E-state index contributed by atoms with van der Waals surface area (Å²) in [6.07, 6.45) is -4.74. The molecular weight excluding hydrogens is 150 g/mol. The molecule has 1 aliphatic rings. The molecule has 0 unspecified atom stereocenters. The molecule has 1 rings (SSSR count). The van der Waals surface area contributed by atoms with Gasteiger partial charge in [-0.05, 0) is 0 Å². The first-order chi connectivity index (χ1) is 5.16. The van der Waals surface area contributed by atoms with Crippen molar-refractivity contribution in [3.05, 3.63) is 0 Å². The predicted octanol–water partition coefficient (Wildman–Crippen LogP) is -2.01. The average molecular weight is 159 g/mol. The predicted molar refractivity (Wildman–Crippen MR) is 33.4 cm³/mol. The average Bonchev–Trinajstić information content (AvgIpc) is 2.01. The van der Waals surface area contributed by atoms with Crippen molar-refractivity contribution in [2.75, 3.05) is 6.61 Å². The first-order valence-electron chi connectivity index (χ1n) is 3.22. The Labute approximate surface area is 63.4 Å². The molecule has 0 aromatic rings. The molecule has 1 fully saturated rings. The van der Waals surface area contributed by atoms with Gasteiger partial charge in [-0.2, -0.15) is 5.26 Å². The van der Waals surface area contributed by atoms with Gasteiger partial charge in [-0.25, -0.2) is 0 Å². The number of hydrogen-bond acceptors (Lipinski definition) is 5. The fourth-order valence-corrected chi connectivity index (χ4v) is 0.920. The van der Waals surface area contributed by atoms with Crippen LogP contribution in [0.3, 0.4) is 0 Å². The van der Waals surface area contributed by atoms with E-state index in [2.05, 4.69) is 0 Å². The van der Waals surface area contributed by atoms with Crippen molar-refractivity contribution in [2.24, 2.45) is 0 Å². The van der Waals surface area contributed by atoms with Crippen LogP contribution in [0.2, 0.25) is 0 Å². The SMILES string of the molecule is N#C[C@@H]1OC[C@@H](O)[C@H](O)[C@H]1O. The molecule has 0 bridgehead atoms. The van der Waals surface area contributed by atoms with Crippen molar-refractivity contribution in [2.45, 2.75) is 24.4 Å². The maximum atomic E-state index is 9.05. The molecule has 0 amide bonds. The molecule has 5 heteroatoms. The second-order valence-corrected chi connectivity index (χ2v) is 2.43. The van der Waals surface area contributed by atoms with Gasteiger partial charge in [-0.1, -0.05) is 0 Å². The maximum absolute atomic E-state index is 9.05. The van der Waals surface area contributed by atoms with Gasteiger partial charge in [0.2, 0.25) is 0 Å². The number of ether oxygens (including phenoxy) is 1. The van der Waals surface area contributed by atoms with E-state index in [1.165, 1.54) is 0 Å². The Morgan fingerprint density at radius 2 is 1.91 bits per heavy atom. The van der Waals surface area contributed by atoms with Crippen molar-refractivity contribution in [3.8, 4) is 6.07 Å². The third-order valence-corrected chi connectivity index (χ3v) is 1.63. The summed E-state index contributed by atoms with van der Waals surface area (Å²) in [6, 6.07) is 1.66. The van der Waals surface area contributed by atoms with Gasteiger partial charge in [0.1, 0.15) is 18.3 Å². The van der Waals surface area contributed by atoms with Gasteiger partial charge in [-0.3, -0.25) is 0 Å². The van der Waals surface area contributed by atoms with E-state index >= 15 is 0 Å². The smallest absolute Gasteiger partial charge is 0.172 e. The zero-order valence-electron chi connectivity index (χ0n) is 5.71. The molecule has 0 aliphatic carbocycles. The monoisotopic (exact) mass is 159 g/mol. The van der Waals surface area contributed by atoms with Crippen molar-refractivity contribution in [1.82, 2.24) is 0 Å². The van der Waals surface area contributed by atoms with Crippen molar-refractivity contribution in [1.29, 1.82) is 5.26 Å². The van der Waals surface area contributed by atoms with Crippen molar-refractivity contribution in [3.63, 3.8) is 0 Å². The number of aliphatic hydroxyl groups excluding tert-OH is 3. The normalized spacial score (nSPS) is 44.9. The lowest BCUT2D eigenvalue weighted by molar-refractivity contribution is -0.171. The quantitative estimate of drug-likeness (QED) is 0.379. The number of nitriles is 1. The highest BCUT2D eigenvalue weighted by atomic mass is 16.5. The van der Waals surface area contributed by atoms with E-state index in [9.17, 15) is 0 Å². The topological polar surface area (TPSA) is 93.7 Å². The third-order valence-electron chi connectivity index (χ3n) is 1.63. The van der Waals surface area contributed by atoms with Gasteiger partial charge in [0.25, 0.3) is 0 Å². The summed E-state index contributed by atoms with van der Waals surface area (Å²) < 4.78 is 4.70. The molecule has 0 spiro atoms. The van der Waals surface area contributed by atoms with E-state index in [0.29, 0.717) is 0 Å². The molecule has 62 valence electrons. The lowest BCUT2D eigenvalue weighted by atomic mass is 10.0. The van der Waals surface area contributed by atoms with E-state index in [1.807, 2.05) is 0 Å². The van der Waals surface area contributed by atoms with Crippen molar-refractivity contribution >= 4 is 0 Å². The molecule has 0 aromatic carbocycles. The Morgan fingerprint density at radius 1 is 1.27 bits per heavy atom. The first kappa shape index (κ1) is 8.43. The molecular formula is C6H9NO4. The minimum atomic E-state index is -1.32. The summed E-state index contributed by atoms with van der Waals surface area (Å²) in [5, 5.41) is 35.3. The van der Waals surface area contributed by atoms with E-state index in [0.717, 1.165) is 0 Å². The van der Waals surface area contributed by atoms with Crippen LogP contribution in [0.1, 0.15) is 0 Å². The molecule has 5 nitrogen and oxygen atoms in total. The number of rotatable bonds is 0. The number of aliphatic hydroxyl groups is 3. The van der Waals surface area contributed by atoms with Crippen molar-refractivity contribution < 1.29 is 20.1 Å². The van der Waals surface area contributed by atoms with Gasteiger partial charge in [0.15, 0.2) is 6.10 Å². The van der Waals surface area contributed by atoms with Gasteiger partial charge in [0.05, 0.1) is 12.7 Å². The Hall–Kier alpha value is -0.670. The summed E-state index contributed by atoms with van der Waals surface area (Å²) in [5.74, 6) is 0. The van der Waals surface area contributed by atoms with Crippen LogP contribution >= 0.6 is 0 Å². The summed E-state index contributed by atoms with van der Waals surface area (Å²) in [7, 11) is 0. The highest BCUT2D eigenvalue weighted by molar-refractivity contribution is 4.98. The van der Waals surface area contributed by atoms with Gasteiger partial charge in [0, 0.05) is 0 Å². The lowest BCUT2D eigenvalue weighted by Crippen LogP contribution is -2.52. The van der Waals surface area contributed by atoms with E-state index in [-0.39, 0.29) is 6.61 Å². The van der Waals surface area contributed by atoms with E-state index in [1.54, 1.807) is 6.07 Å². The zero-order chi connectivity index (χ0) is 8.43. The number of nitrogens with zero attached hydrogens (tertiary/aromatic N) is 1. The van der Waals surface area contributed by atoms with Crippen LogP contribution in [0, 0.1) is 11.3 Å². The van der Waals surface area contributed by atoms with Crippen LogP contribution in [-0.4, -0.2) is 46.3 Å². The number of hydrogen-bond donors (Lipinski definition) is 3. The summed E-state index contributed by atoms with van der Waals surface area (Å²) in [6.45, 7) is -0.115. The van der Waals surface area contributed by atoms with Crippen LogP contribution in [0.5, 0.6) is 0 Å². The molecule has 0 aromatic heterocycles. The molecule has 3 N–H and O–H groups in total. The molecule has 4 atom stereocenters.